The molecular weight excluding hydrogens is 582 g/mol. The monoisotopic (exact) mass is 612 g/mol. The van der Waals surface area contributed by atoms with E-state index in [-0.39, 0.29) is 41.6 Å². The Balaban J connectivity index is 1.53. The molecule has 5 nitrogen and oxygen atoms in total. The van der Waals surface area contributed by atoms with Crippen molar-refractivity contribution < 1.29 is 31.1 Å². The molecule has 0 bridgehead atoms. The fourth-order valence-electron chi connectivity index (χ4n) is 5.92. The zero-order valence-corrected chi connectivity index (χ0v) is 23.7. The number of fused-ring (bicyclic) bond motifs is 1. The highest BCUT2D eigenvalue weighted by Crippen LogP contribution is 2.37. The van der Waals surface area contributed by atoms with Gasteiger partial charge in [-0.2, -0.15) is 18.3 Å². The number of hydrogen-bond acceptors (Lipinski definition) is 4. The van der Waals surface area contributed by atoms with Gasteiger partial charge < -0.3 is 5.73 Å². The molecule has 1 aliphatic rings. The number of rotatable bonds is 9. The second kappa shape index (κ2) is 12.7. The van der Waals surface area contributed by atoms with Crippen molar-refractivity contribution in [2.24, 2.45) is 5.73 Å². The van der Waals surface area contributed by atoms with Gasteiger partial charge in [0.25, 0.3) is 0 Å². The SMILES string of the molecule is C=C(N)c1cc(-c2cccnc2[C@@H](CC(=O)Cn2nc(C(F)(F)F)c3c2CCCCC3)Cc2cc(F)cc(F)c2)ccc1F. The largest absolute Gasteiger partial charge is 0.435 e. The molecule has 0 saturated carbocycles. The van der Waals surface area contributed by atoms with Crippen molar-refractivity contribution in [3.8, 4) is 11.1 Å². The van der Waals surface area contributed by atoms with Crippen LogP contribution in [0.2, 0.25) is 0 Å². The predicted molar refractivity (Wildman–Crippen MR) is 154 cm³/mol. The number of aromatic nitrogens is 3. The van der Waals surface area contributed by atoms with E-state index in [4.69, 9.17) is 5.73 Å². The topological polar surface area (TPSA) is 73.8 Å². The van der Waals surface area contributed by atoms with Crippen molar-refractivity contribution >= 4 is 11.5 Å². The van der Waals surface area contributed by atoms with E-state index in [2.05, 4.69) is 16.7 Å². The van der Waals surface area contributed by atoms with Crippen LogP contribution in [0.15, 0.2) is 61.3 Å². The van der Waals surface area contributed by atoms with Crippen LogP contribution < -0.4 is 5.73 Å². The minimum Gasteiger partial charge on any atom is -0.399 e. The van der Waals surface area contributed by atoms with Gasteiger partial charge in [0, 0.05) is 52.7 Å². The second-order valence-corrected chi connectivity index (χ2v) is 11.1. The third-order valence-corrected chi connectivity index (χ3v) is 7.83. The number of carbonyl (C=O) groups excluding carboxylic acids is 1. The number of nitrogens with zero attached hydrogens (tertiary/aromatic N) is 3. The quantitative estimate of drug-likeness (QED) is 0.156. The molecule has 0 fully saturated rings. The van der Waals surface area contributed by atoms with Gasteiger partial charge in [-0.3, -0.25) is 14.5 Å². The third kappa shape index (κ3) is 6.87. The summed E-state index contributed by atoms with van der Waals surface area (Å²) in [5, 5.41) is 3.83. The number of benzene rings is 2. The van der Waals surface area contributed by atoms with Crippen LogP contribution in [0.1, 0.15) is 65.4 Å². The van der Waals surface area contributed by atoms with Gasteiger partial charge in [-0.25, -0.2) is 13.2 Å². The molecule has 2 aromatic carbocycles. The normalized spacial score (nSPS) is 14.1. The van der Waals surface area contributed by atoms with Crippen LogP contribution in [-0.4, -0.2) is 20.5 Å². The van der Waals surface area contributed by atoms with Crippen molar-refractivity contribution in [3.63, 3.8) is 0 Å². The number of halogens is 6. The van der Waals surface area contributed by atoms with E-state index in [1.54, 1.807) is 12.1 Å². The lowest BCUT2D eigenvalue weighted by atomic mass is 9.86. The van der Waals surface area contributed by atoms with Crippen LogP contribution in [0.3, 0.4) is 0 Å². The fraction of sp³-hybridized carbons (Fsp3) is 0.303. The van der Waals surface area contributed by atoms with Crippen LogP contribution >= 0.6 is 0 Å². The summed E-state index contributed by atoms with van der Waals surface area (Å²) in [6, 6.07) is 10.6. The maximum absolute atomic E-state index is 14.4. The number of ketones is 1. The summed E-state index contributed by atoms with van der Waals surface area (Å²) in [6.45, 7) is 3.21. The Morgan fingerprint density at radius 3 is 2.43 bits per heavy atom. The molecule has 230 valence electrons. The van der Waals surface area contributed by atoms with E-state index in [1.807, 2.05) is 0 Å². The molecule has 0 saturated heterocycles. The lowest BCUT2D eigenvalue weighted by Gasteiger charge is -2.20. The minimum absolute atomic E-state index is 0.00685. The first-order chi connectivity index (χ1) is 20.9. The van der Waals surface area contributed by atoms with Crippen LogP contribution in [0, 0.1) is 17.5 Å². The van der Waals surface area contributed by atoms with Crippen LogP contribution in [0.25, 0.3) is 16.8 Å². The molecule has 0 spiro atoms. The predicted octanol–water partition coefficient (Wildman–Crippen LogP) is 7.57. The Kier molecular flexibility index (Phi) is 8.94. The molecule has 2 N–H and O–H groups in total. The Hall–Kier alpha value is -4.41. The van der Waals surface area contributed by atoms with Gasteiger partial charge in [-0.15, -0.1) is 0 Å². The third-order valence-electron chi connectivity index (χ3n) is 7.83. The van der Waals surface area contributed by atoms with Gasteiger partial charge in [0.05, 0.1) is 12.2 Å². The van der Waals surface area contributed by atoms with Crippen molar-refractivity contribution in [3.05, 3.63) is 113 Å². The first kappa shape index (κ1) is 31.0. The van der Waals surface area contributed by atoms with Crippen molar-refractivity contribution in [1.29, 1.82) is 0 Å². The molecule has 1 atom stereocenters. The average Bonchev–Trinajstić information content (AvgIpc) is 3.12. The van der Waals surface area contributed by atoms with E-state index in [1.165, 1.54) is 24.4 Å². The van der Waals surface area contributed by atoms with Crippen LogP contribution in [-0.2, 0) is 36.8 Å². The first-order valence-corrected chi connectivity index (χ1v) is 14.2. The Labute approximate surface area is 250 Å². The number of pyridine rings is 1. The van der Waals surface area contributed by atoms with Crippen molar-refractivity contribution in [2.75, 3.05) is 0 Å². The number of hydrogen-bond donors (Lipinski definition) is 1. The fourth-order valence-corrected chi connectivity index (χ4v) is 5.92. The molecule has 0 radical (unpaired) electrons. The lowest BCUT2D eigenvalue weighted by molar-refractivity contribution is -0.142. The van der Waals surface area contributed by atoms with Crippen molar-refractivity contribution in [1.82, 2.24) is 14.8 Å². The first-order valence-electron chi connectivity index (χ1n) is 14.2. The molecule has 5 rings (SSSR count). The summed E-state index contributed by atoms with van der Waals surface area (Å²) in [5.74, 6) is -3.34. The van der Waals surface area contributed by atoms with E-state index >= 15 is 0 Å². The molecule has 4 aromatic rings. The molecule has 0 amide bonds. The van der Waals surface area contributed by atoms with Gasteiger partial charge in [0.1, 0.15) is 17.5 Å². The van der Waals surface area contributed by atoms with Gasteiger partial charge in [-0.05, 0) is 73.6 Å². The van der Waals surface area contributed by atoms with E-state index < -0.39 is 47.6 Å². The number of alkyl halides is 3. The van der Waals surface area contributed by atoms with Gasteiger partial charge in [0.15, 0.2) is 11.5 Å². The molecular formula is C33H30F6N4O. The minimum atomic E-state index is -4.65. The molecule has 2 aromatic heterocycles. The highest BCUT2D eigenvalue weighted by Gasteiger charge is 2.39. The number of Topliss-reactive ketones (excluding diaryl/α,β-unsaturated/α-hetero) is 1. The van der Waals surface area contributed by atoms with Gasteiger partial charge in [0.2, 0.25) is 0 Å². The zero-order valence-electron chi connectivity index (χ0n) is 23.7. The molecule has 44 heavy (non-hydrogen) atoms. The highest BCUT2D eigenvalue weighted by molar-refractivity contribution is 5.80. The Morgan fingerprint density at radius 2 is 1.73 bits per heavy atom. The standard InChI is InChI=1S/C33H30F6N4O/c1-19(40)28-16-21(9-10-29(28)36)26-7-5-11-41-31(26)22(12-20-13-23(34)17-24(35)14-20)15-25(44)18-43-30-8-4-2-3-6-27(30)32(42-43)33(37,38)39/h5,7,9-11,13-14,16-17,22H,1-4,6,8,12,15,18,40H2/t22-/m1/s1. The van der Waals surface area contributed by atoms with E-state index in [9.17, 15) is 31.1 Å². The summed E-state index contributed by atoms with van der Waals surface area (Å²) in [7, 11) is 0. The molecule has 2 heterocycles. The van der Waals surface area contributed by atoms with E-state index in [0.717, 1.165) is 29.3 Å². The lowest BCUT2D eigenvalue weighted by Crippen LogP contribution is -2.19. The second-order valence-electron chi connectivity index (χ2n) is 11.1. The summed E-state index contributed by atoms with van der Waals surface area (Å²) >= 11 is 0. The number of carbonyl (C=O) groups is 1. The molecule has 1 aliphatic carbocycles. The smallest absolute Gasteiger partial charge is 0.399 e. The van der Waals surface area contributed by atoms with Crippen LogP contribution in [0.5, 0.6) is 0 Å². The molecule has 0 unspecified atom stereocenters. The van der Waals surface area contributed by atoms with Gasteiger partial charge >= 0.3 is 6.18 Å². The molecule has 0 aliphatic heterocycles. The maximum Gasteiger partial charge on any atom is 0.435 e. The Bertz CT molecular complexity index is 1690. The Morgan fingerprint density at radius 1 is 1.00 bits per heavy atom. The molecule has 11 heteroatoms. The summed E-state index contributed by atoms with van der Waals surface area (Å²) < 4.78 is 85.4. The van der Waals surface area contributed by atoms with E-state index in [0.29, 0.717) is 41.8 Å². The van der Waals surface area contributed by atoms with Crippen molar-refractivity contribution in [2.45, 2.75) is 63.6 Å². The average molecular weight is 613 g/mol. The van der Waals surface area contributed by atoms with Crippen LogP contribution in [0.4, 0.5) is 26.3 Å². The maximum atomic E-state index is 14.4. The van der Waals surface area contributed by atoms with Gasteiger partial charge in [-0.1, -0.05) is 25.1 Å². The zero-order chi connectivity index (χ0) is 31.6. The summed E-state index contributed by atoms with van der Waals surface area (Å²) in [5.41, 5.74) is 7.14. The summed E-state index contributed by atoms with van der Waals surface area (Å²) in [4.78, 5) is 18.1. The number of nitrogens with two attached hydrogens (primary N) is 1. The summed E-state index contributed by atoms with van der Waals surface area (Å²) in [6.07, 6.45) is -0.701. The highest BCUT2D eigenvalue weighted by atomic mass is 19.4.